The fourth-order valence-electron chi connectivity index (χ4n) is 1.98. The molecule has 3 aromatic rings. The molecule has 2 heterocycles. The number of hydrogen-bond donors (Lipinski definition) is 2. The number of fused-ring (bicyclic) bond motifs is 1. The summed E-state index contributed by atoms with van der Waals surface area (Å²) in [5, 5.41) is 2.82. The zero-order valence-electron chi connectivity index (χ0n) is 10.9. The summed E-state index contributed by atoms with van der Waals surface area (Å²) in [6.07, 6.45) is 1.69. The van der Waals surface area contributed by atoms with Gasteiger partial charge in [0.1, 0.15) is 11.4 Å². The lowest BCUT2D eigenvalue weighted by Crippen LogP contribution is -2.12. The molecule has 0 saturated heterocycles. The number of rotatable bonds is 3. The number of nitrogens with zero attached hydrogens (tertiary/aromatic N) is 1. The Morgan fingerprint density at radius 2 is 2.15 bits per heavy atom. The van der Waals surface area contributed by atoms with Crippen molar-refractivity contribution in [2.24, 2.45) is 0 Å². The van der Waals surface area contributed by atoms with Gasteiger partial charge in [-0.25, -0.2) is 0 Å². The van der Waals surface area contributed by atoms with Crippen molar-refractivity contribution in [1.29, 1.82) is 0 Å². The van der Waals surface area contributed by atoms with E-state index in [1.54, 1.807) is 31.5 Å². The van der Waals surface area contributed by atoms with Crippen LogP contribution >= 0.6 is 0 Å². The number of carbonyl (C=O) groups is 1. The number of carbonyl (C=O) groups excluding carboxylic acids is 1. The highest BCUT2D eigenvalue weighted by Gasteiger charge is 2.10. The summed E-state index contributed by atoms with van der Waals surface area (Å²) in [4.78, 5) is 19.4. The fourth-order valence-corrected chi connectivity index (χ4v) is 1.98. The SMILES string of the molecule is COc1cccc(NC(=O)c2cc3ncccc3[nH]2)c1. The van der Waals surface area contributed by atoms with E-state index in [0.29, 0.717) is 17.1 Å². The number of pyridine rings is 1. The number of aromatic amines is 1. The van der Waals surface area contributed by atoms with Crippen LogP contribution in [0.2, 0.25) is 0 Å². The van der Waals surface area contributed by atoms with Crippen LogP contribution in [0.15, 0.2) is 48.7 Å². The van der Waals surface area contributed by atoms with Gasteiger partial charge in [0.15, 0.2) is 0 Å². The lowest BCUT2D eigenvalue weighted by atomic mass is 10.3. The molecule has 0 saturated carbocycles. The summed E-state index contributed by atoms with van der Waals surface area (Å²) in [6.45, 7) is 0. The predicted octanol–water partition coefficient (Wildman–Crippen LogP) is 2.82. The van der Waals surface area contributed by atoms with Gasteiger partial charge < -0.3 is 15.0 Å². The molecule has 5 heteroatoms. The van der Waals surface area contributed by atoms with E-state index in [4.69, 9.17) is 4.74 Å². The number of benzene rings is 1. The standard InChI is InChI=1S/C15H13N3O2/c1-20-11-5-2-4-10(8-11)17-15(19)14-9-13-12(18-14)6-3-7-16-13/h2-9,18H,1H3,(H,17,19). The van der Waals surface area contributed by atoms with Crippen LogP contribution in [0.1, 0.15) is 10.5 Å². The minimum atomic E-state index is -0.212. The van der Waals surface area contributed by atoms with Gasteiger partial charge in [-0.15, -0.1) is 0 Å². The average Bonchev–Trinajstić information content (AvgIpc) is 2.91. The van der Waals surface area contributed by atoms with Gasteiger partial charge in [-0.05, 0) is 30.3 Å². The second kappa shape index (κ2) is 5.05. The second-order valence-electron chi connectivity index (χ2n) is 4.31. The van der Waals surface area contributed by atoms with Crippen molar-refractivity contribution in [3.63, 3.8) is 0 Å². The van der Waals surface area contributed by atoms with E-state index in [0.717, 1.165) is 11.0 Å². The molecule has 5 nitrogen and oxygen atoms in total. The molecular weight excluding hydrogens is 254 g/mol. The smallest absolute Gasteiger partial charge is 0.272 e. The van der Waals surface area contributed by atoms with E-state index in [1.165, 1.54) is 0 Å². The van der Waals surface area contributed by atoms with E-state index in [2.05, 4.69) is 15.3 Å². The highest BCUT2D eigenvalue weighted by atomic mass is 16.5. The Labute approximate surface area is 115 Å². The monoisotopic (exact) mass is 267 g/mol. The molecule has 0 aliphatic heterocycles. The number of aromatic nitrogens is 2. The molecule has 0 aliphatic rings. The normalized spacial score (nSPS) is 10.4. The van der Waals surface area contributed by atoms with Gasteiger partial charge in [0, 0.05) is 18.0 Å². The number of amides is 1. The zero-order chi connectivity index (χ0) is 13.9. The first-order chi connectivity index (χ1) is 9.76. The summed E-state index contributed by atoms with van der Waals surface area (Å²) < 4.78 is 5.12. The lowest BCUT2D eigenvalue weighted by Gasteiger charge is -2.05. The molecule has 0 fully saturated rings. The van der Waals surface area contributed by atoms with Gasteiger partial charge in [-0.3, -0.25) is 9.78 Å². The van der Waals surface area contributed by atoms with E-state index >= 15 is 0 Å². The fraction of sp³-hybridized carbons (Fsp3) is 0.0667. The molecule has 0 atom stereocenters. The van der Waals surface area contributed by atoms with Gasteiger partial charge in [0.05, 0.1) is 18.1 Å². The molecule has 2 N–H and O–H groups in total. The molecule has 0 radical (unpaired) electrons. The van der Waals surface area contributed by atoms with Crippen molar-refractivity contribution >= 4 is 22.6 Å². The van der Waals surface area contributed by atoms with Crippen molar-refractivity contribution in [2.45, 2.75) is 0 Å². The van der Waals surface area contributed by atoms with E-state index < -0.39 is 0 Å². The molecule has 0 spiro atoms. The van der Waals surface area contributed by atoms with E-state index in [9.17, 15) is 4.79 Å². The summed E-state index contributed by atoms with van der Waals surface area (Å²) in [5.41, 5.74) is 2.76. The van der Waals surface area contributed by atoms with Gasteiger partial charge in [-0.2, -0.15) is 0 Å². The predicted molar refractivity (Wildman–Crippen MR) is 77.0 cm³/mol. The van der Waals surface area contributed by atoms with Crippen molar-refractivity contribution in [3.05, 3.63) is 54.4 Å². The maximum atomic E-state index is 12.2. The molecule has 0 aliphatic carbocycles. The molecule has 20 heavy (non-hydrogen) atoms. The number of anilines is 1. The zero-order valence-corrected chi connectivity index (χ0v) is 10.9. The average molecular weight is 267 g/mol. The van der Waals surface area contributed by atoms with E-state index in [1.807, 2.05) is 24.3 Å². The number of ether oxygens (including phenoxy) is 1. The highest BCUT2D eigenvalue weighted by molar-refractivity contribution is 6.05. The first-order valence-electron chi connectivity index (χ1n) is 6.15. The Balaban J connectivity index is 1.85. The number of H-pyrrole nitrogens is 1. The molecule has 3 rings (SSSR count). The number of nitrogens with one attached hydrogen (secondary N) is 2. The third-order valence-corrected chi connectivity index (χ3v) is 2.96. The third-order valence-electron chi connectivity index (χ3n) is 2.96. The molecule has 1 amide bonds. The van der Waals surface area contributed by atoms with Crippen LogP contribution in [-0.4, -0.2) is 23.0 Å². The van der Waals surface area contributed by atoms with Gasteiger partial charge >= 0.3 is 0 Å². The maximum absolute atomic E-state index is 12.2. The van der Waals surface area contributed by atoms with Crippen LogP contribution in [0.25, 0.3) is 11.0 Å². The molecule has 0 unspecified atom stereocenters. The Kier molecular flexibility index (Phi) is 3.09. The molecule has 100 valence electrons. The quantitative estimate of drug-likeness (QED) is 0.766. The Morgan fingerprint density at radius 1 is 1.25 bits per heavy atom. The summed E-state index contributed by atoms with van der Waals surface area (Å²) in [5.74, 6) is 0.484. The first kappa shape index (κ1) is 12.2. The van der Waals surface area contributed by atoms with Crippen LogP contribution in [-0.2, 0) is 0 Å². The summed E-state index contributed by atoms with van der Waals surface area (Å²) in [7, 11) is 1.59. The number of hydrogen-bond acceptors (Lipinski definition) is 3. The molecule has 0 bridgehead atoms. The van der Waals surface area contributed by atoms with Crippen molar-refractivity contribution in [1.82, 2.24) is 9.97 Å². The highest BCUT2D eigenvalue weighted by Crippen LogP contribution is 2.18. The van der Waals surface area contributed by atoms with Gasteiger partial charge in [0.25, 0.3) is 5.91 Å². The van der Waals surface area contributed by atoms with Gasteiger partial charge in [0.2, 0.25) is 0 Å². The first-order valence-corrected chi connectivity index (χ1v) is 6.15. The Bertz CT molecular complexity index is 731. The number of methoxy groups -OCH3 is 1. The second-order valence-corrected chi connectivity index (χ2v) is 4.31. The lowest BCUT2D eigenvalue weighted by molar-refractivity contribution is 0.102. The minimum Gasteiger partial charge on any atom is -0.497 e. The minimum absolute atomic E-state index is 0.212. The molecule has 1 aromatic carbocycles. The Morgan fingerprint density at radius 3 is 2.95 bits per heavy atom. The summed E-state index contributed by atoms with van der Waals surface area (Å²) in [6, 6.07) is 12.6. The van der Waals surface area contributed by atoms with Crippen LogP contribution < -0.4 is 10.1 Å². The maximum Gasteiger partial charge on any atom is 0.272 e. The van der Waals surface area contributed by atoms with Crippen LogP contribution in [0.4, 0.5) is 5.69 Å². The van der Waals surface area contributed by atoms with Crippen LogP contribution in [0, 0.1) is 0 Å². The molecule has 2 aromatic heterocycles. The van der Waals surface area contributed by atoms with Crippen molar-refractivity contribution < 1.29 is 9.53 Å². The van der Waals surface area contributed by atoms with Crippen molar-refractivity contribution in [2.75, 3.05) is 12.4 Å². The Hall–Kier alpha value is -2.82. The topological polar surface area (TPSA) is 67.0 Å². The largest absolute Gasteiger partial charge is 0.497 e. The molecular formula is C15H13N3O2. The van der Waals surface area contributed by atoms with Crippen LogP contribution in [0.3, 0.4) is 0 Å². The van der Waals surface area contributed by atoms with Crippen LogP contribution in [0.5, 0.6) is 5.75 Å². The van der Waals surface area contributed by atoms with E-state index in [-0.39, 0.29) is 5.91 Å². The summed E-state index contributed by atoms with van der Waals surface area (Å²) >= 11 is 0. The van der Waals surface area contributed by atoms with Crippen molar-refractivity contribution in [3.8, 4) is 5.75 Å². The third kappa shape index (κ3) is 2.33. The van der Waals surface area contributed by atoms with Gasteiger partial charge in [-0.1, -0.05) is 6.07 Å².